The van der Waals surface area contributed by atoms with E-state index >= 15 is 0 Å². The van der Waals surface area contributed by atoms with Crippen LogP contribution in [0.25, 0.3) is 17.3 Å². The van der Waals surface area contributed by atoms with Crippen molar-refractivity contribution in [2.24, 2.45) is 0 Å². The summed E-state index contributed by atoms with van der Waals surface area (Å²) in [7, 11) is 1.60. The molecule has 0 spiro atoms. The van der Waals surface area contributed by atoms with E-state index < -0.39 is 0 Å². The van der Waals surface area contributed by atoms with Gasteiger partial charge in [0.05, 0.1) is 18.6 Å². The smallest absolute Gasteiger partial charge is 0.266 e. The lowest BCUT2D eigenvalue weighted by atomic mass is 10.1. The number of thiocarbonyl (C=S) groups is 1. The summed E-state index contributed by atoms with van der Waals surface area (Å²) >= 11 is 6.59. The highest BCUT2D eigenvalue weighted by Crippen LogP contribution is 2.32. The van der Waals surface area contributed by atoms with Gasteiger partial charge in [-0.3, -0.25) is 14.5 Å². The molecule has 1 aliphatic rings. The van der Waals surface area contributed by atoms with Gasteiger partial charge in [-0.25, -0.2) is 0 Å². The molecule has 7 nitrogen and oxygen atoms in total. The van der Waals surface area contributed by atoms with Gasteiger partial charge in [-0.1, -0.05) is 71.1 Å². The fourth-order valence-corrected chi connectivity index (χ4v) is 4.60. The monoisotopic (exact) mass is 493 g/mol. The molecule has 9 heteroatoms. The van der Waals surface area contributed by atoms with Crippen molar-refractivity contribution in [1.29, 1.82) is 0 Å². The van der Waals surface area contributed by atoms with Crippen LogP contribution < -0.4 is 10.1 Å². The second-order valence-electron chi connectivity index (χ2n) is 7.68. The first-order chi connectivity index (χ1) is 16.4. The molecule has 2 amide bonds. The van der Waals surface area contributed by atoms with E-state index in [-0.39, 0.29) is 31.3 Å². The highest BCUT2D eigenvalue weighted by Gasteiger charge is 2.32. The van der Waals surface area contributed by atoms with Crippen LogP contribution in [-0.4, -0.2) is 39.8 Å². The average Bonchev–Trinajstić information content (AvgIpc) is 3.42. The zero-order chi connectivity index (χ0) is 24.1. The molecule has 0 unspecified atom stereocenters. The van der Waals surface area contributed by atoms with Crippen molar-refractivity contribution in [2.45, 2.75) is 19.9 Å². The molecule has 1 N–H and O–H groups in total. The number of amides is 2. The van der Waals surface area contributed by atoms with Gasteiger partial charge in [0.15, 0.2) is 5.76 Å². The fraction of sp³-hybridized carbons (Fsp3) is 0.200. The van der Waals surface area contributed by atoms with Crippen LogP contribution in [0.15, 0.2) is 64.0 Å². The van der Waals surface area contributed by atoms with Gasteiger partial charge >= 0.3 is 0 Å². The lowest BCUT2D eigenvalue weighted by molar-refractivity contribution is -0.124. The topological polar surface area (TPSA) is 84.7 Å². The minimum Gasteiger partial charge on any atom is -0.497 e. The summed E-state index contributed by atoms with van der Waals surface area (Å²) < 4.78 is 10.9. The van der Waals surface area contributed by atoms with Crippen LogP contribution in [0.3, 0.4) is 0 Å². The van der Waals surface area contributed by atoms with Crippen molar-refractivity contribution < 1.29 is 18.8 Å². The molecule has 1 saturated heterocycles. The summed E-state index contributed by atoms with van der Waals surface area (Å²) in [5.41, 5.74) is 3.70. The first-order valence-electron chi connectivity index (χ1n) is 10.6. The highest BCUT2D eigenvalue weighted by atomic mass is 32.2. The van der Waals surface area contributed by atoms with E-state index in [9.17, 15) is 9.59 Å². The normalized spacial score (nSPS) is 14.6. The molecule has 2 aromatic carbocycles. The molecule has 0 radical (unpaired) electrons. The SMILES string of the molecule is COc1ccc(/C=C2\SC(=S)N(CCC(=O)NCc3cc(-c4ccc(C)cc4)no3)C2=O)cc1. The molecule has 34 heavy (non-hydrogen) atoms. The average molecular weight is 494 g/mol. The van der Waals surface area contributed by atoms with Crippen LogP contribution in [0.5, 0.6) is 5.75 Å². The van der Waals surface area contributed by atoms with Gasteiger partial charge in [-0.05, 0) is 30.7 Å². The third kappa shape index (κ3) is 5.73. The van der Waals surface area contributed by atoms with E-state index in [2.05, 4.69) is 10.5 Å². The molecule has 1 aromatic heterocycles. The van der Waals surface area contributed by atoms with Crippen LogP contribution in [-0.2, 0) is 16.1 Å². The molecule has 0 atom stereocenters. The number of rotatable bonds is 8. The number of ether oxygens (including phenoxy) is 1. The number of carbonyl (C=O) groups is 2. The number of aromatic nitrogens is 1. The van der Waals surface area contributed by atoms with Crippen molar-refractivity contribution in [2.75, 3.05) is 13.7 Å². The minimum absolute atomic E-state index is 0.126. The third-order valence-corrected chi connectivity index (χ3v) is 6.59. The van der Waals surface area contributed by atoms with Crippen molar-refractivity contribution in [3.63, 3.8) is 0 Å². The Morgan fingerprint density at radius 3 is 2.65 bits per heavy atom. The Hall–Kier alpha value is -3.43. The van der Waals surface area contributed by atoms with Gasteiger partial charge in [0.1, 0.15) is 15.8 Å². The van der Waals surface area contributed by atoms with Crippen molar-refractivity contribution in [3.8, 4) is 17.0 Å². The van der Waals surface area contributed by atoms with Crippen LogP contribution in [0, 0.1) is 6.92 Å². The van der Waals surface area contributed by atoms with Gasteiger partial charge < -0.3 is 14.6 Å². The fourth-order valence-electron chi connectivity index (χ4n) is 3.29. The number of nitrogens with zero attached hydrogens (tertiary/aromatic N) is 2. The van der Waals surface area contributed by atoms with E-state index in [0.717, 1.165) is 22.4 Å². The minimum atomic E-state index is -0.207. The Labute approximate surface area is 207 Å². The van der Waals surface area contributed by atoms with Gasteiger partial charge in [0.2, 0.25) is 5.91 Å². The maximum absolute atomic E-state index is 12.8. The van der Waals surface area contributed by atoms with E-state index in [1.165, 1.54) is 16.7 Å². The Morgan fingerprint density at radius 2 is 1.94 bits per heavy atom. The lowest BCUT2D eigenvalue weighted by Crippen LogP contribution is -2.33. The molecule has 0 bridgehead atoms. The van der Waals surface area contributed by atoms with E-state index in [0.29, 0.717) is 20.7 Å². The summed E-state index contributed by atoms with van der Waals surface area (Å²) in [6.07, 6.45) is 1.91. The Morgan fingerprint density at radius 1 is 1.21 bits per heavy atom. The number of hydrogen-bond donors (Lipinski definition) is 1. The number of carbonyl (C=O) groups excluding carboxylic acids is 2. The van der Waals surface area contributed by atoms with Crippen molar-refractivity contribution >= 4 is 46.2 Å². The quantitative estimate of drug-likeness (QED) is 0.364. The van der Waals surface area contributed by atoms with Crippen LogP contribution >= 0.6 is 24.0 Å². The number of aryl methyl sites for hydroxylation is 1. The maximum atomic E-state index is 12.8. The lowest BCUT2D eigenvalue weighted by Gasteiger charge is -2.13. The zero-order valence-electron chi connectivity index (χ0n) is 18.7. The predicted molar refractivity (Wildman–Crippen MR) is 136 cm³/mol. The Kier molecular flexibility index (Phi) is 7.44. The van der Waals surface area contributed by atoms with Gasteiger partial charge in [-0.15, -0.1) is 0 Å². The second kappa shape index (κ2) is 10.7. The largest absolute Gasteiger partial charge is 0.497 e. The standard InChI is InChI=1S/C25H23N3O4S2/c1-16-3-7-18(8-4-16)21-14-20(32-27-21)15-26-23(29)11-12-28-24(30)22(34-25(28)33)13-17-5-9-19(31-2)10-6-17/h3-10,13-14H,11-12,15H2,1-2H3,(H,26,29)/b22-13-. The van der Waals surface area contributed by atoms with Crippen LogP contribution in [0.2, 0.25) is 0 Å². The number of benzene rings is 2. The number of thioether (sulfide) groups is 1. The van der Waals surface area contributed by atoms with E-state index in [4.69, 9.17) is 21.5 Å². The summed E-state index contributed by atoms with van der Waals surface area (Å²) in [4.78, 5) is 27.1. The van der Waals surface area contributed by atoms with Crippen LogP contribution in [0.4, 0.5) is 0 Å². The van der Waals surface area contributed by atoms with Gasteiger partial charge in [-0.2, -0.15) is 0 Å². The summed E-state index contributed by atoms with van der Waals surface area (Å²) in [6.45, 7) is 2.45. The van der Waals surface area contributed by atoms with E-state index in [1.54, 1.807) is 19.3 Å². The molecular formula is C25H23N3O4S2. The van der Waals surface area contributed by atoms with Gasteiger partial charge in [0.25, 0.3) is 5.91 Å². The molecule has 2 heterocycles. The third-order valence-electron chi connectivity index (χ3n) is 5.22. The number of methoxy groups -OCH3 is 1. The predicted octanol–water partition coefficient (Wildman–Crippen LogP) is 4.57. The molecule has 174 valence electrons. The molecule has 1 aliphatic heterocycles. The highest BCUT2D eigenvalue weighted by molar-refractivity contribution is 8.26. The number of nitrogens with one attached hydrogen (secondary N) is 1. The summed E-state index contributed by atoms with van der Waals surface area (Å²) in [6, 6.07) is 17.2. The zero-order valence-corrected chi connectivity index (χ0v) is 20.4. The molecule has 4 rings (SSSR count). The number of hydrogen-bond acceptors (Lipinski definition) is 7. The Bertz CT molecular complexity index is 1230. The molecular weight excluding hydrogens is 470 g/mol. The summed E-state index contributed by atoms with van der Waals surface area (Å²) in [5, 5.41) is 6.86. The van der Waals surface area contributed by atoms with Gasteiger partial charge in [0, 0.05) is 24.6 Å². The maximum Gasteiger partial charge on any atom is 0.266 e. The molecule has 0 saturated carbocycles. The summed E-state index contributed by atoms with van der Waals surface area (Å²) in [5.74, 6) is 0.891. The van der Waals surface area contributed by atoms with E-state index in [1.807, 2.05) is 55.5 Å². The first-order valence-corrected chi connectivity index (χ1v) is 11.8. The van der Waals surface area contributed by atoms with Crippen LogP contribution in [0.1, 0.15) is 23.3 Å². The van der Waals surface area contributed by atoms with Crippen molar-refractivity contribution in [1.82, 2.24) is 15.4 Å². The van der Waals surface area contributed by atoms with Crippen molar-refractivity contribution in [3.05, 3.63) is 76.4 Å². The molecule has 0 aliphatic carbocycles. The Balaban J connectivity index is 1.28. The molecule has 3 aromatic rings. The second-order valence-corrected chi connectivity index (χ2v) is 9.35. The molecule has 1 fully saturated rings. The first kappa shape index (κ1) is 23.7.